The fraction of sp³-hybridized carbons (Fsp3) is 0.182. The Balaban J connectivity index is 2.58. The zero-order chi connectivity index (χ0) is 10.8. The molecular weight excluding hydrogens is 192 g/mol. The van der Waals surface area contributed by atoms with Crippen LogP contribution in [0.25, 0.3) is 11.3 Å². The second-order valence-electron chi connectivity index (χ2n) is 3.22. The zero-order valence-corrected chi connectivity index (χ0v) is 8.65. The molecule has 0 radical (unpaired) electrons. The van der Waals surface area contributed by atoms with Gasteiger partial charge < -0.3 is 15.0 Å². The highest BCUT2D eigenvalue weighted by Crippen LogP contribution is 2.32. The quantitative estimate of drug-likeness (QED) is 0.814. The molecule has 0 aliphatic rings. The van der Waals surface area contributed by atoms with E-state index in [1.165, 1.54) is 0 Å². The molecule has 0 unspecified atom stereocenters. The number of benzene rings is 1. The van der Waals surface area contributed by atoms with Gasteiger partial charge in [-0.15, -0.1) is 0 Å². The minimum atomic E-state index is 0.343. The average Bonchev–Trinajstić information content (AvgIpc) is 2.60. The number of anilines is 1. The molecule has 2 rings (SSSR count). The molecule has 0 aliphatic carbocycles. The van der Waals surface area contributed by atoms with Crippen molar-refractivity contribution in [1.82, 2.24) is 5.16 Å². The van der Waals surface area contributed by atoms with Gasteiger partial charge in [-0.25, -0.2) is 0 Å². The zero-order valence-electron chi connectivity index (χ0n) is 8.65. The topological polar surface area (TPSA) is 61.3 Å². The molecule has 15 heavy (non-hydrogen) atoms. The first-order valence-electron chi connectivity index (χ1n) is 4.59. The van der Waals surface area contributed by atoms with E-state index in [0.29, 0.717) is 5.88 Å². The van der Waals surface area contributed by atoms with Gasteiger partial charge in [0.1, 0.15) is 11.4 Å². The number of methoxy groups -OCH3 is 1. The van der Waals surface area contributed by atoms with Crippen molar-refractivity contribution in [2.24, 2.45) is 0 Å². The lowest BCUT2D eigenvalue weighted by atomic mass is 10.1. The molecule has 0 bridgehead atoms. The van der Waals surface area contributed by atoms with Crippen molar-refractivity contribution in [1.29, 1.82) is 0 Å². The number of ether oxygens (including phenoxy) is 1. The fourth-order valence-electron chi connectivity index (χ4n) is 1.44. The molecule has 0 aliphatic heterocycles. The molecule has 0 amide bonds. The minimum Gasteiger partial charge on any atom is -0.496 e. The van der Waals surface area contributed by atoms with Gasteiger partial charge in [0.05, 0.1) is 7.11 Å². The van der Waals surface area contributed by atoms with E-state index in [4.69, 9.17) is 15.0 Å². The van der Waals surface area contributed by atoms with Crippen molar-refractivity contribution in [2.75, 3.05) is 12.8 Å². The summed E-state index contributed by atoms with van der Waals surface area (Å²) in [4.78, 5) is 0. The van der Waals surface area contributed by atoms with Gasteiger partial charge in [-0.2, -0.15) is 0 Å². The monoisotopic (exact) mass is 204 g/mol. The Morgan fingerprint density at radius 3 is 2.67 bits per heavy atom. The largest absolute Gasteiger partial charge is 0.496 e. The molecule has 4 nitrogen and oxygen atoms in total. The van der Waals surface area contributed by atoms with Gasteiger partial charge in [0.15, 0.2) is 0 Å². The first kappa shape index (κ1) is 9.58. The van der Waals surface area contributed by atoms with E-state index >= 15 is 0 Å². The van der Waals surface area contributed by atoms with Crippen LogP contribution in [0.15, 0.2) is 28.8 Å². The summed E-state index contributed by atoms with van der Waals surface area (Å²) in [6.45, 7) is 1.87. The number of rotatable bonds is 2. The molecule has 78 valence electrons. The number of nitrogens with two attached hydrogens (primary N) is 1. The van der Waals surface area contributed by atoms with Crippen molar-refractivity contribution < 1.29 is 9.26 Å². The van der Waals surface area contributed by atoms with E-state index in [0.717, 1.165) is 22.6 Å². The van der Waals surface area contributed by atoms with Crippen molar-refractivity contribution in [2.45, 2.75) is 6.92 Å². The van der Waals surface area contributed by atoms with Gasteiger partial charge in [-0.3, -0.25) is 0 Å². The Bertz CT molecular complexity index is 477. The molecule has 0 atom stereocenters. The third-order valence-electron chi connectivity index (χ3n) is 2.32. The Morgan fingerprint density at radius 1 is 1.33 bits per heavy atom. The van der Waals surface area contributed by atoms with Crippen LogP contribution in [-0.2, 0) is 0 Å². The van der Waals surface area contributed by atoms with E-state index in [2.05, 4.69) is 5.16 Å². The molecule has 0 saturated carbocycles. The second kappa shape index (κ2) is 3.65. The molecule has 0 saturated heterocycles. The molecule has 4 heteroatoms. The van der Waals surface area contributed by atoms with E-state index in [1.807, 2.05) is 31.2 Å². The summed E-state index contributed by atoms with van der Waals surface area (Å²) >= 11 is 0. The molecular formula is C11H12N2O2. The SMILES string of the molecule is COc1ccccc1-c1noc(N)c1C. The second-order valence-corrected chi connectivity index (χ2v) is 3.22. The van der Waals surface area contributed by atoms with Crippen molar-refractivity contribution >= 4 is 5.88 Å². The maximum atomic E-state index is 5.60. The molecule has 1 aromatic heterocycles. The van der Waals surface area contributed by atoms with Crippen LogP contribution >= 0.6 is 0 Å². The highest BCUT2D eigenvalue weighted by molar-refractivity contribution is 5.72. The van der Waals surface area contributed by atoms with Crippen LogP contribution in [0.3, 0.4) is 0 Å². The van der Waals surface area contributed by atoms with Gasteiger partial charge in [-0.05, 0) is 19.1 Å². The first-order valence-corrected chi connectivity index (χ1v) is 4.59. The number of para-hydroxylation sites is 1. The summed E-state index contributed by atoms with van der Waals surface area (Å²) in [5.41, 5.74) is 8.05. The van der Waals surface area contributed by atoms with Crippen molar-refractivity contribution in [3.05, 3.63) is 29.8 Å². The maximum Gasteiger partial charge on any atom is 0.225 e. The normalized spacial score (nSPS) is 10.3. The van der Waals surface area contributed by atoms with Crippen LogP contribution in [0.4, 0.5) is 5.88 Å². The number of hydrogen-bond acceptors (Lipinski definition) is 4. The van der Waals surface area contributed by atoms with Gasteiger partial charge >= 0.3 is 0 Å². The molecule has 2 aromatic rings. The highest BCUT2D eigenvalue weighted by atomic mass is 16.5. The Morgan fingerprint density at radius 2 is 2.07 bits per heavy atom. The van der Waals surface area contributed by atoms with Gasteiger partial charge in [0.25, 0.3) is 0 Å². The maximum absolute atomic E-state index is 5.60. The number of aromatic nitrogens is 1. The minimum absolute atomic E-state index is 0.343. The lowest BCUT2D eigenvalue weighted by Gasteiger charge is -2.05. The van der Waals surface area contributed by atoms with Crippen LogP contribution in [-0.4, -0.2) is 12.3 Å². The molecule has 0 spiro atoms. The number of hydrogen-bond donors (Lipinski definition) is 1. The Labute approximate surface area is 87.6 Å². The molecule has 2 N–H and O–H groups in total. The van der Waals surface area contributed by atoms with Crippen LogP contribution in [0.5, 0.6) is 5.75 Å². The fourth-order valence-corrected chi connectivity index (χ4v) is 1.44. The molecule has 0 fully saturated rings. The third kappa shape index (κ3) is 1.54. The summed E-state index contributed by atoms with van der Waals surface area (Å²) in [5.74, 6) is 1.10. The summed E-state index contributed by atoms with van der Waals surface area (Å²) in [6, 6.07) is 7.62. The van der Waals surface area contributed by atoms with Crippen molar-refractivity contribution in [3.63, 3.8) is 0 Å². The van der Waals surface area contributed by atoms with Crippen molar-refractivity contribution in [3.8, 4) is 17.0 Å². The Hall–Kier alpha value is -1.97. The smallest absolute Gasteiger partial charge is 0.225 e. The molecule has 1 heterocycles. The standard InChI is InChI=1S/C11H12N2O2/c1-7-10(13-15-11(7)12)8-5-3-4-6-9(8)14-2/h3-6H,12H2,1-2H3. The third-order valence-corrected chi connectivity index (χ3v) is 2.32. The lowest BCUT2D eigenvalue weighted by molar-refractivity contribution is 0.414. The predicted molar refractivity (Wildman–Crippen MR) is 57.6 cm³/mol. The highest BCUT2D eigenvalue weighted by Gasteiger charge is 2.14. The van der Waals surface area contributed by atoms with E-state index in [1.54, 1.807) is 7.11 Å². The van der Waals surface area contributed by atoms with E-state index in [9.17, 15) is 0 Å². The van der Waals surface area contributed by atoms with Gasteiger partial charge in [0.2, 0.25) is 5.88 Å². The first-order chi connectivity index (χ1) is 7.24. The van der Waals surface area contributed by atoms with E-state index < -0.39 is 0 Å². The lowest BCUT2D eigenvalue weighted by Crippen LogP contribution is -1.89. The predicted octanol–water partition coefficient (Wildman–Crippen LogP) is 2.24. The summed E-state index contributed by atoms with van der Waals surface area (Å²) in [6.07, 6.45) is 0. The average molecular weight is 204 g/mol. The number of nitrogens with zero attached hydrogens (tertiary/aromatic N) is 1. The molecule has 1 aromatic carbocycles. The van der Waals surface area contributed by atoms with Crippen LogP contribution in [0.2, 0.25) is 0 Å². The summed E-state index contributed by atoms with van der Waals surface area (Å²) in [5, 5.41) is 3.91. The Kier molecular flexibility index (Phi) is 2.33. The van der Waals surface area contributed by atoms with E-state index in [-0.39, 0.29) is 0 Å². The summed E-state index contributed by atoms with van der Waals surface area (Å²) in [7, 11) is 1.62. The number of nitrogen functional groups attached to an aromatic ring is 1. The van der Waals surface area contributed by atoms with Crippen LogP contribution < -0.4 is 10.5 Å². The van der Waals surface area contributed by atoms with Gasteiger partial charge in [-0.1, -0.05) is 17.3 Å². The van der Waals surface area contributed by atoms with Crippen LogP contribution in [0.1, 0.15) is 5.56 Å². The van der Waals surface area contributed by atoms with Crippen LogP contribution in [0, 0.1) is 6.92 Å². The summed E-state index contributed by atoms with van der Waals surface area (Å²) < 4.78 is 10.2. The van der Waals surface area contributed by atoms with Gasteiger partial charge in [0, 0.05) is 11.1 Å².